The second-order valence-corrected chi connectivity index (χ2v) is 5.51. The van der Waals surface area contributed by atoms with Crippen LogP contribution >= 0.6 is 0 Å². The fourth-order valence-electron chi connectivity index (χ4n) is 2.25. The van der Waals surface area contributed by atoms with Gasteiger partial charge in [0.2, 0.25) is 0 Å². The SMILES string of the molecule is CCCNC(CC)(CCCN(C)C(C)CC)C(=O)O. The van der Waals surface area contributed by atoms with Gasteiger partial charge in [-0.05, 0) is 59.2 Å². The second kappa shape index (κ2) is 9.32. The molecule has 4 heteroatoms. The molecule has 2 unspecified atom stereocenters. The van der Waals surface area contributed by atoms with Gasteiger partial charge in [-0.3, -0.25) is 4.79 Å². The third-order valence-electron chi connectivity index (χ3n) is 4.18. The molecule has 0 aromatic carbocycles. The van der Waals surface area contributed by atoms with Gasteiger partial charge in [0.15, 0.2) is 0 Å². The van der Waals surface area contributed by atoms with E-state index in [2.05, 4.69) is 38.0 Å². The van der Waals surface area contributed by atoms with E-state index in [1.54, 1.807) is 0 Å². The first kappa shape index (κ1) is 18.4. The summed E-state index contributed by atoms with van der Waals surface area (Å²) in [7, 11) is 2.11. The zero-order chi connectivity index (χ0) is 14.9. The molecule has 0 fully saturated rings. The summed E-state index contributed by atoms with van der Waals surface area (Å²) in [6, 6.07) is 0.560. The van der Waals surface area contributed by atoms with Crippen LogP contribution < -0.4 is 5.32 Å². The Kier molecular flexibility index (Phi) is 9.02. The fraction of sp³-hybridized carbons (Fsp3) is 0.933. The first-order valence-electron chi connectivity index (χ1n) is 7.62. The van der Waals surface area contributed by atoms with Gasteiger partial charge in [-0.25, -0.2) is 0 Å². The van der Waals surface area contributed by atoms with Gasteiger partial charge in [-0.15, -0.1) is 0 Å². The number of hydrogen-bond acceptors (Lipinski definition) is 3. The van der Waals surface area contributed by atoms with Gasteiger partial charge in [0.05, 0.1) is 0 Å². The van der Waals surface area contributed by atoms with Crippen molar-refractivity contribution in [1.29, 1.82) is 0 Å². The highest BCUT2D eigenvalue weighted by molar-refractivity contribution is 5.78. The van der Waals surface area contributed by atoms with Crippen LogP contribution in [0, 0.1) is 0 Å². The minimum atomic E-state index is -0.744. The van der Waals surface area contributed by atoms with Crippen molar-refractivity contribution >= 4 is 5.97 Å². The fourth-order valence-corrected chi connectivity index (χ4v) is 2.25. The molecule has 2 atom stereocenters. The zero-order valence-corrected chi connectivity index (χ0v) is 13.3. The molecule has 4 nitrogen and oxygen atoms in total. The Labute approximate surface area is 118 Å². The number of nitrogens with zero attached hydrogens (tertiary/aromatic N) is 1. The van der Waals surface area contributed by atoms with Gasteiger partial charge in [0, 0.05) is 6.04 Å². The summed E-state index contributed by atoms with van der Waals surface area (Å²) in [5.41, 5.74) is -0.744. The Hall–Kier alpha value is -0.610. The predicted molar refractivity (Wildman–Crippen MR) is 80.6 cm³/mol. The van der Waals surface area contributed by atoms with E-state index in [1.807, 2.05) is 6.92 Å². The van der Waals surface area contributed by atoms with E-state index >= 15 is 0 Å². The molecule has 19 heavy (non-hydrogen) atoms. The summed E-state index contributed by atoms with van der Waals surface area (Å²) in [6.07, 6.45) is 4.33. The van der Waals surface area contributed by atoms with E-state index in [4.69, 9.17) is 0 Å². The lowest BCUT2D eigenvalue weighted by atomic mass is 9.90. The topological polar surface area (TPSA) is 52.6 Å². The van der Waals surface area contributed by atoms with Crippen LogP contribution in [0.2, 0.25) is 0 Å². The third-order valence-corrected chi connectivity index (χ3v) is 4.18. The van der Waals surface area contributed by atoms with E-state index in [1.165, 1.54) is 0 Å². The molecule has 114 valence electrons. The molecule has 0 aliphatic carbocycles. The van der Waals surface area contributed by atoms with E-state index in [0.29, 0.717) is 18.9 Å². The standard InChI is InChI=1S/C15H32N2O2/c1-6-11-16-15(8-3,14(18)19)10-9-12-17(5)13(4)7-2/h13,16H,6-12H2,1-5H3,(H,18,19). The summed E-state index contributed by atoms with van der Waals surface area (Å²) in [6.45, 7) is 10.1. The Balaban J connectivity index is 4.37. The normalized spacial score (nSPS) is 16.3. The molecule has 0 saturated heterocycles. The molecule has 0 amide bonds. The number of carboxylic acid groups (broad SMARTS) is 1. The van der Waals surface area contributed by atoms with Gasteiger partial charge in [0.1, 0.15) is 5.54 Å². The molecule has 0 radical (unpaired) electrons. The van der Waals surface area contributed by atoms with Crippen LogP contribution in [0.25, 0.3) is 0 Å². The minimum Gasteiger partial charge on any atom is -0.480 e. The Morgan fingerprint density at radius 3 is 2.42 bits per heavy atom. The van der Waals surface area contributed by atoms with Crippen LogP contribution in [0.4, 0.5) is 0 Å². The summed E-state index contributed by atoms with van der Waals surface area (Å²) in [5, 5.41) is 12.7. The Bertz CT molecular complexity index is 259. The van der Waals surface area contributed by atoms with E-state index in [9.17, 15) is 9.90 Å². The number of rotatable bonds is 11. The van der Waals surface area contributed by atoms with Crippen molar-refractivity contribution in [3.8, 4) is 0 Å². The lowest BCUT2D eigenvalue weighted by Gasteiger charge is -2.31. The van der Waals surface area contributed by atoms with Crippen molar-refractivity contribution in [3.05, 3.63) is 0 Å². The lowest BCUT2D eigenvalue weighted by Crippen LogP contribution is -2.52. The maximum atomic E-state index is 11.5. The third kappa shape index (κ3) is 5.91. The van der Waals surface area contributed by atoms with Crippen molar-refractivity contribution in [1.82, 2.24) is 10.2 Å². The number of carboxylic acids is 1. The molecule has 0 aliphatic rings. The van der Waals surface area contributed by atoms with Crippen LogP contribution in [0.3, 0.4) is 0 Å². The van der Waals surface area contributed by atoms with Crippen LogP contribution in [0.15, 0.2) is 0 Å². The lowest BCUT2D eigenvalue weighted by molar-refractivity contribution is -0.145. The molecule has 0 aromatic rings. The quantitative estimate of drug-likeness (QED) is 0.607. The molecule has 0 bridgehead atoms. The summed E-state index contributed by atoms with van der Waals surface area (Å²) in [4.78, 5) is 13.9. The number of hydrogen-bond donors (Lipinski definition) is 2. The summed E-state index contributed by atoms with van der Waals surface area (Å²) >= 11 is 0. The van der Waals surface area contributed by atoms with Gasteiger partial charge >= 0.3 is 5.97 Å². The Morgan fingerprint density at radius 2 is 2.00 bits per heavy atom. The first-order valence-corrected chi connectivity index (χ1v) is 7.62. The highest BCUT2D eigenvalue weighted by Crippen LogP contribution is 2.19. The molecule has 0 aromatic heterocycles. The molecule has 0 rings (SSSR count). The van der Waals surface area contributed by atoms with Crippen molar-refractivity contribution in [2.45, 2.75) is 71.4 Å². The van der Waals surface area contributed by atoms with Crippen LogP contribution in [0.5, 0.6) is 0 Å². The zero-order valence-electron chi connectivity index (χ0n) is 13.3. The predicted octanol–water partition coefficient (Wildman–Crippen LogP) is 2.73. The van der Waals surface area contributed by atoms with E-state index in [-0.39, 0.29) is 0 Å². The van der Waals surface area contributed by atoms with Crippen molar-refractivity contribution in [2.75, 3.05) is 20.1 Å². The highest BCUT2D eigenvalue weighted by Gasteiger charge is 2.35. The van der Waals surface area contributed by atoms with Crippen LogP contribution in [-0.2, 0) is 4.79 Å². The second-order valence-electron chi connectivity index (χ2n) is 5.51. The van der Waals surface area contributed by atoms with Gasteiger partial charge in [0.25, 0.3) is 0 Å². The van der Waals surface area contributed by atoms with Gasteiger partial charge in [-0.2, -0.15) is 0 Å². The molecule has 0 heterocycles. The van der Waals surface area contributed by atoms with Crippen molar-refractivity contribution < 1.29 is 9.90 Å². The molecule has 0 spiro atoms. The molecule has 0 saturated carbocycles. The first-order chi connectivity index (χ1) is 8.93. The molecular weight excluding hydrogens is 240 g/mol. The van der Waals surface area contributed by atoms with Crippen molar-refractivity contribution in [3.63, 3.8) is 0 Å². The monoisotopic (exact) mass is 272 g/mol. The molecule has 0 aliphatic heterocycles. The summed E-state index contributed by atoms with van der Waals surface area (Å²) in [5.74, 6) is -0.713. The van der Waals surface area contributed by atoms with Crippen LogP contribution in [0.1, 0.15) is 59.8 Å². The largest absolute Gasteiger partial charge is 0.480 e. The smallest absolute Gasteiger partial charge is 0.323 e. The average Bonchev–Trinajstić information content (AvgIpc) is 2.41. The van der Waals surface area contributed by atoms with Crippen molar-refractivity contribution in [2.24, 2.45) is 0 Å². The summed E-state index contributed by atoms with van der Waals surface area (Å²) < 4.78 is 0. The van der Waals surface area contributed by atoms with E-state index < -0.39 is 11.5 Å². The van der Waals surface area contributed by atoms with Gasteiger partial charge in [-0.1, -0.05) is 20.8 Å². The van der Waals surface area contributed by atoms with Gasteiger partial charge < -0.3 is 15.3 Å². The average molecular weight is 272 g/mol. The highest BCUT2D eigenvalue weighted by atomic mass is 16.4. The maximum absolute atomic E-state index is 11.5. The number of nitrogens with one attached hydrogen (secondary N) is 1. The van der Waals surface area contributed by atoms with Crippen LogP contribution in [-0.4, -0.2) is 47.7 Å². The Morgan fingerprint density at radius 1 is 1.37 bits per heavy atom. The molecule has 2 N–H and O–H groups in total. The van der Waals surface area contributed by atoms with E-state index in [0.717, 1.165) is 32.4 Å². The minimum absolute atomic E-state index is 0.560. The maximum Gasteiger partial charge on any atom is 0.323 e. The number of carbonyl (C=O) groups is 1. The molecular formula is C15H32N2O2. The number of aliphatic carboxylic acids is 1.